The van der Waals surface area contributed by atoms with Crippen molar-refractivity contribution >= 4 is 12.0 Å². The lowest BCUT2D eigenvalue weighted by Crippen LogP contribution is -2.49. The van der Waals surface area contributed by atoms with Crippen LogP contribution in [0.25, 0.3) is 0 Å². The molecule has 100 valence electrons. The summed E-state index contributed by atoms with van der Waals surface area (Å²) in [6.45, 7) is 1.31. The Morgan fingerprint density at radius 3 is 2.50 bits per heavy atom. The number of piperidine rings is 1. The van der Waals surface area contributed by atoms with Gasteiger partial charge in [0.1, 0.15) is 6.54 Å². The van der Waals surface area contributed by atoms with Crippen molar-refractivity contribution in [2.45, 2.75) is 38.1 Å². The largest absolute Gasteiger partial charge is 0.480 e. The summed E-state index contributed by atoms with van der Waals surface area (Å²) in [5.74, 6) is 0.285. The molecule has 2 amide bonds. The van der Waals surface area contributed by atoms with Crippen LogP contribution in [0.1, 0.15) is 32.1 Å². The third kappa shape index (κ3) is 2.31. The summed E-state index contributed by atoms with van der Waals surface area (Å²) in [4.78, 5) is 26.8. The van der Waals surface area contributed by atoms with E-state index in [4.69, 9.17) is 5.11 Å². The van der Waals surface area contributed by atoms with Gasteiger partial charge in [-0.1, -0.05) is 0 Å². The van der Waals surface area contributed by atoms with Crippen LogP contribution in [0.4, 0.5) is 4.79 Å². The van der Waals surface area contributed by atoms with E-state index in [1.54, 1.807) is 4.90 Å². The van der Waals surface area contributed by atoms with Gasteiger partial charge < -0.3 is 14.9 Å². The van der Waals surface area contributed by atoms with Gasteiger partial charge in [0, 0.05) is 19.1 Å². The molecule has 1 N–H and O–H groups in total. The van der Waals surface area contributed by atoms with Crippen LogP contribution < -0.4 is 0 Å². The SMILES string of the molecule is O=C(O)CN(CC1CC1)C(=O)N1CC2CCC1C2. The van der Waals surface area contributed by atoms with Crippen molar-refractivity contribution in [1.29, 1.82) is 0 Å². The minimum atomic E-state index is -0.909. The van der Waals surface area contributed by atoms with Crippen molar-refractivity contribution in [3.63, 3.8) is 0 Å². The molecule has 1 aliphatic heterocycles. The Kier molecular flexibility index (Phi) is 2.92. The Labute approximate surface area is 107 Å². The summed E-state index contributed by atoms with van der Waals surface area (Å²) in [6, 6.07) is 0.328. The summed E-state index contributed by atoms with van der Waals surface area (Å²) >= 11 is 0. The second kappa shape index (κ2) is 4.44. The zero-order chi connectivity index (χ0) is 12.7. The molecule has 3 fully saturated rings. The van der Waals surface area contributed by atoms with Crippen LogP contribution >= 0.6 is 0 Å². The number of hydrogen-bond acceptors (Lipinski definition) is 2. The predicted molar refractivity (Wildman–Crippen MR) is 65.2 cm³/mol. The lowest BCUT2D eigenvalue weighted by Gasteiger charge is -2.32. The first-order chi connectivity index (χ1) is 8.63. The Bertz CT molecular complexity index is 367. The molecular formula is C13H20N2O3. The number of likely N-dealkylation sites (tertiary alicyclic amines) is 1. The van der Waals surface area contributed by atoms with Gasteiger partial charge >= 0.3 is 12.0 Å². The van der Waals surface area contributed by atoms with Crippen LogP contribution in [0.2, 0.25) is 0 Å². The highest BCUT2D eigenvalue weighted by Gasteiger charge is 2.42. The summed E-state index contributed by atoms with van der Waals surface area (Å²) < 4.78 is 0. The van der Waals surface area contributed by atoms with Crippen molar-refractivity contribution < 1.29 is 14.7 Å². The van der Waals surface area contributed by atoms with Gasteiger partial charge in [-0.2, -0.15) is 0 Å². The molecule has 18 heavy (non-hydrogen) atoms. The maximum absolute atomic E-state index is 12.4. The van der Waals surface area contributed by atoms with Crippen molar-refractivity contribution in [1.82, 2.24) is 9.80 Å². The van der Waals surface area contributed by atoms with Crippen LogP contribution in [-0.4, -0.2) is 52.6 Å². The third-order valence-electron chi connectivity index (χ3n) is 4.43. The van der Waals surface area contributed by atoms with E-state index in [1.165, 1.54) is 6.42 Å². The number of carbonyl (C=O) groups is 2. The lowest BCUT2D eigenvalue weighted by molar-refractivity contribution is -0.137. The van der Waals surface area contributed by atoms with Gasteiger partial charge in [-0.05, 0) is 43.9 Å². The average molecular weight is 252 g/mol. The fraction of sp³-hybridized carbons (Fsp3) is 0.846. The molecule has 3 rings (SSSR count). The number of aliphatic carboxylic acids is 1. The highest BCUT2D eigenvalue weighted by Crippen LogP contribution is 2.38. The fourth-order valence-corrected chi connectivity index (χ4v) is 3.33. The van der Waals surface area contributed by atoms with Crippen LogP contribution in [0, 0.1) is 11.8 Å². The van der Waals surface area contributed by atoms with Crippen molar-refractivity contribution in [3.8, 4) is 0 Å². The van der Waals surface area contributed by atoms with Gasteiger partial charge in [0.15, 0.2) is 0 Å². The molecule has 0 spiro atoms. The molecule has 3 aliphatic rings. The minimum Gasteiger partial charge on any atom is -0.480 e. The Morgan fingerprint density at radius 1 is 1.22 bits per heavy atom. The quantitative estimate of drug-likeness (QED) is 0.822. The minimum absolute atomic E-state index is 0.0449. The Morgan fingerprint density at radius 2 is 2.00 bits per heavy atom. The van der Waals surface area contributed by atoms with Gasteiger partial charge in [-0.25, -0.2) is 4.79 Å². The molecule has 0 aromatic heterocycles. The molecule has 2 saturated carbocycles. The van der Waals surface area contributed by atoms with Gasteiger partial charge in [0.05, 0.1) is 0 Å². The smallest absolute Gasteiger partial charge is 0.323 e. The number of fused-ring (bicyclic) bond motifs is 2. The molecule has 2 unspecified atom stereocenters. The molecular weight excluding hydrogens is 232 g/mol. The lowest BCUT2D eigenvalue weighted by atomic mass is 10.1. The highest BCUT2D eigenvalue weighted by atomic mass is 16.4. The number of urea groups is 1. The number of carbonyl (C=O) groups excluding carboxylic acids is 1. The van der Waals surface area contributed by atoms with Crippen LogP contribution in [0.5, 0.6) is 0 Å². The molecule has 5 nitrogen and oxygen atoms in total. The summed E-state index contributed by atoms with van der Waals surface area (Å²) in [6.07, 6.45) is 5.72. The third-order valence-corrected chi connectivity index (χ3v) is 4.43. The van der Waals surface area contributed by atoms with E-state index in [2.05, 4.69) is 0 Å². The zero-order valence-electron chi connectivity index (χ0n) is 10.5. The molecule has 2 aliphatic carbocycles. The number of nitrogens with zero attached hydrogens (tertiary/aromatic N) is 2. The normalized spacial score (nSPS) is 29.7. The first-order valence-corrected chi connectivity index (χ1v) is 6.91. The fourth-order valence-electron chi connectivity index (χ4n) is 3.33. The molecule has 0 aromatic carbocycles. The number of hydrogen-bond donors (Lipinski definition) is 1. The van der Waals surface area contributed by atoms with E-state index in [1.807, 2.05) is 4.90 Å². The van der Waals surface area contributed by atoms with E-state index in [0.29, 0.717) is 24.4 Å². The predicted octanol–water partition coefficient (Wildman–Crippen LogP) is 1.39. The van der Waals surface area contributed by atoms with Crippen molar-refractivity contribution in [3.05, 3.63) is 0 Å². The van der Waals surface area contributed by atoms with Gasteiger partial charge in [0.25, 0.3) is 0 Å². The molecule has 2 atom stereocenters. The average Bonchev–Trinajstić information content (AvgIpc) is 2.90. The monoisotopic (exact) mass is 252 g/mol. The van der Waals surface area contributed by atoms with Crippen molar-refractivity contribution in [2.75, 3.05) is 19.6 Å². The van der Waals surface area contributed by atoms with Crippen molar-refractivity contribution in [2.24, 2.45) is 11.8 Å². The van der Waals surface area contributed by atoms with Gasteiger partial charge in [-0.3, -0.25) is 4.79 Å². The number of amides is 2. The van der Waals surface area contributed by atoms with Crippen LogP contribution in [0.3, 0.4) is 0 Å². The van der Waals surface area contributed by atoms with Gasteiger partial charge in [-0.15, -0.1) is 0 Å². The van der Waals surface area contributed by atoms with E-state index in [9.17, 15) is 9.59 Å². The van der Waals surface area contributed by atoms with Crippen LogP contribution in [-0.2, 0) is 4.79 Å². The molecule has 0 radical (unpaired) electrons. The highest BCUT2D eigenvalue weighted by molar-refractivity contribution is 5.80. The maximum Gasteiger partial charge on any atom is 0.323 e. The van der Waals surface area contributed by atoms with Gasteiger partial charge in [0.2, 0.25) is 0 Å². The second-order valence-electron chi connectivity index (χ2n) is 5.99. The first-order valence-electron chi connectivity index (χ1n) is 6.91. The topological polar surface area (TPSA) is 60.9 Å². The molecule has 5 heteroatoms. The summed E-state index contributed by atoms with van der Waals surface area (Å²) in [7, 11) is 0. The van der Waals surface area contributed by atoms with E-state index in [0.717, 1.165) is 32.2 Å². The number of rotatable bonds is 4. The zero-order valence-corrected chi connectivity index (χ0v) is 10.5. The summed E-state index contributed by atoms with van der Waals surface area (Å²) in [5.41, 5.74) is 0. The number of carboxylic acids is 1. The molecule has 0 aromatic rings. The molecule has 1 heterocycles. The van der Waals surface area contributed by atoms with E-state index < -0.39 is 5.97 Å². The first kappa shape index (κ1) is 11.8. The summed E-state index contributed by atoms with van der Waals surface area (Å²) in [5, 5.41) is 8.93. The van der Waals surface area contributed by atoms with Crippen LogP contribution in [0.15, 0.2) is 0 Å². The standard InChI is InChI=1S/C13H20N2O3/c16-12(17)8-14(6-9-1-2-9)13(18)15-7-10-3-4-11(15)5-10/h9-11H,1-8H2,(H,16,17). The maximum atomic E-state index is 12.4. The molecule has 1 saturated heterocycles. The number of carboxylic acid groups (broad SMARTS) is 1. The second-order valence-corrected chi connectivity index (χ2v) is 5.99. The van der Waals surface area contributed by atoms with E-state index in [-0.39, 0.29) is 12.6 Å². The Hall–Kier alpha value is -1.26. The Balaban J connectivity index is 1.64. The molecule has 2 bridgehead atoms. The van der Waals surface area contributed by atoms with E-state index >= 15 is 0 Å².